The Labute approximate surface area is 72.0 Å². The fraction of sp³-hybridized carbons (Fsp3) is 0.625. The number of hydrogen-bond acceptors (Lipinski definition) is 3. The molecular formula is C8H15N3O. The van der Waals surface area contributed by atoms with E-state index in [1.807, 2.05) is 20.2 Å². The van der Waals surface area contributed by atoms with Crippen LogP contribution in [0.2, 0.25) is 0 Å². The Morgan fingerprint density at radius 3 is 2.67 bits per heavy atom. The van der Waals surface area contributed by atoms with Gasteiger partial charge in [-0.1, -0.05) is 0 Å². The van der Waals surface area contributed by atoms with Gasteiger partial charge in [-0.2, -0.15) is 5.10 Å². The number of rotatable bonds is 2. The standard InChI is InChI=1S/C8H15N3O/c1-6-4-11(3)10-7(6)8(2,9)5-12/h4,12H,5,9H2,1-3H3. The second-order valence-electron chi connectivity index (χ2n) is 3.41. The number of aliphatic hydroxyl groups is 1. The van der Waals surface area contributed by atoms with Crippen molar-refractivity contribution in [2.24, 2.45) is 12.8 Å². The molecule has 68 valence electrons. The number of nitrogens with zero attached hydrogens (tertiary/aromatic N) is 2. The summed E-state index contributed by atoms with van der Waals surface area (Å²) in [6.45, 7) is 3.61. The van der Waals surface area contributed by atoms with Gasteiger partial charge >= 0.3 is 0 Å². The minimum absolute atomic E-state index is 0.0924. The van der Waals surface area contributed by atoms with Crippen molar-refractivity contribution in [1.29, 1.82) is 0 Å². The minimum Gasteiger partial charge on any atom is -0.394 e. The number of hydrogen-bond donors (Lipinski definition) is 2. The molecule has 4 heteroatoms. The van der Waals surface area contributed by atoms with Crippen molar-refractivity contribution in [3.05, 3.63) is 17.5 Å². The highest BCUT2D eigenvalue weighted by molar-refractivity contribution is 5.22. The lowest BCUT2D eigenvalue weighted by Crippen LogP contribution is -2.38. The highest BCUT2D eigenvalue weighted by atomic mass is 16.3. The molecule has 0 bridgehead atoms. The van der Waals surface area contributed by atoms with Crippen LogP contribution in [0.25, 0.3) is 0 Å². The zero-order valence-corrected chi connectivity index (χ0v) is 7.70. The van der Waals surface area contributed by atoms with Gasteiger partial charge < -0.3 is 10.8 Å². The molecule has 0 aliphatic rings. The van der Waals surface area contributed by atoms with Gasteiger partial charge in [0, 0.05) is 13.2 Å². The van der Waals surface area contributed by atoms with Crippen molar-refractivity contribution in [2.75, 3.05) is 6.61 Å². The molecule has 0 fully saturated rings. The predicted molar refractivity (Wildman–Crippen MR) is 46.6 cm³/mol. The second kappa shape index (κ2) is 2.88. The predicted octanol–water partition coefficient (Wildman–Crippen LogP) is -0.105. The summed E-state index contributed by atoms with van der Waals surface area (Å²) in [5.74, 6) is 0. The van der Waals surface area contributed by atoms with Crippen LogP contribution in [0.15, 0.2) is 6.20 Å². The Morgan fingerprint density at radius 2 is 2.33 bits per heavy atom. The van der Waals surface area contributed by atoms with Crippen molar-refractivity contribution in [2.45, 2.75) is 19.4 Å². The van der Waals surface area contributed by atoms with Crippen LogP contribution >= 0.6 is 0 Å². The summed E-state index contributed by atoms with van der Waals surface area (Å²) in [5, 5.41) is 13.2. The number of aliphatic hydroxyl groups excluding tert-OH is 1. The molecule has 0 aliphatic carbocycles. The Kier molecular flexibility index (Phi) is 2.21. The summed E-state index contributed by atoms with van der Waals surface area (Å²) < 4.78 is 1.70. The van der Waals surface area contributed by atoms with Crippen molar-refractivity contribution >= 4 is 0 Å². The summed E-state index contributed by atoms with van der Waals surface area (Å²) in [4.78, 5) is 0. The molecule has 0 radical (unpaired) electrons. The molecule has 3 N–H and O–H groups in total. The first-order valence-electron chi connectivity index (χ1n) is 3.88. The van der Waals surface area contributed by atoms with Gasteiger partial charge in [-0.15, -0.1) is 0 Å². The fourth-order valence-corrected chi connectivity index (χ4v) is 1.25. The van der Waals surface area contributed by atoms with Gasteiger partial charge in [0.2, 0.25) is 0 Å². The summed E-state index contributed by atoms with van der Waals surface area (Å²) in [5.41, 5.74) is 6.86. The quantitative estimate of drug-likeness (QED) is 0.649. The van der Waals surface area contributed by atoms with E-state index >= 15 is 0 Å². The highest BCUT2D eigenvalue weighted by Crippen LogP contribution is 2.18. The molecule has 1 aromatic rings. The summed E-state index contributed by atoms with van der Waals surface area (Å²) in [7, 11) is 1.84. The van der Waals surface area contributed by atoms with E-state index in [1.54, 1.807) is 11.6 Å². The van der Waals surface area contributed by atoms with Crippen molar-refractivity contribution in [3.63, 3.8) is 0 Å². The topological polar surface area (TPSA) is 64.1 Å². The van der Waals surface area contributed by atoms with E-state index in [0.29, 0.717) is 0 Å². The zero-order chi connectivity index (χ0) is 9.35. The molecule has 1 aromatic heterocycles. The van der Waals surface area contributed by atoms with Crippen LogP contribution in [-0.2, 0) is 12.6 Å². The molecule has 0 spiro atoms. The molecule has 0 saturated carbocycles. The van der Waals surface area contributed by atoms with Crippen LogP contribution in [0, 0.1) is 6.92 Å². The van der Waals surface area contributed by atoms with Gasteiger partial charge in [-0.05, 0) is 19.4 Å². The van der Waals surface area contributed by atoms with Gasteiger partial charge in [0.25, 0.3) is 0 Å². The van der Waals surface area contributed by atoms with Gasteiger partial charge in [-0.3, -0.25) is 4.68 Å². The van der Waals surface area contributed by atoms with Gasteiger partial charge in [0.05, 0.1) is 17.8 Å². The zero-order valence-electron chi connectivity index (χ0n) is 7.70. The van der Waals surface area contributed by atoms with Crippen LogP contribution in [0.4, 0.5) is 0 Å². The summed E-state index contributed by atoms with van der Waals surface area (Å²) in [6.07, 6.45) is 1.89. The third-order valence-corrected chi connectivity index (χ3v) is 1.88. The second-order valence-corrected chi connectivity index (χ2v) is 3.41. The molecule has 1 rings (SSSR count). The van der Waals surface area contributed by atoms with E-state index in [9.17, 15) is 0 Å². The Balaban J connectivity index is 3.09. The molecule has 4 nitrogen and oxygen atoms in total. The van der Waals surface area contributed by atoms with E-state index in [-0.39, 0.29) is 6.61 Å². The van der Waals surface area contributed by atoms with Gasteiger partial charge in [0.15, 0.2) is 0 Å². The molecule has 0 aromatic carbocycles. The van der Waals surface area contributed by atoms with Crippen LogP contribution in [0.1, 0.15) is 18.2 Å². The Bertz CT molecular complexity index is 278. The summed E-state index contributed by atoms with van der Waals surface area (Å²) >= 11 is 0. The average molecular weight is 169 g/mol. The first-order valence-corrected chi connectivity index (χ1v) is 3.88. The largest absolute Gasteiger partial charge is 0.394 e. The lowest BCUT2D eigenvalue weighted by molar-refractivity contribution is 0.205. The van der Waals surface area contributed by atoms with E-state index in [2.05, 4.69) is 5.10 Å². The van der Waals surface area contributed by atoms with Crippen LogP contribution in [0.3, 0.4) is 0 Å². The smallest absolute Gasteiger partial charge is 0.0872 e. The monoisotopic (exact) mass is 169 g/mol. The molecule has 0 aliphatic heterocycles. The third kappa shape index (κ3) is 1.49. The molecule has 1 unspecified atom stereocenters. The molecule has 1 heterocycles. The highest BCUT2D eigenvalue weighted by Gasteiger charge is 2.24. The normalized spacial score (nSPS) is 16.1. The van der Waals surface area contributed by atoms with E-state index in [4.69, 9.17) is 10.8 Å². The van der Waals surface area contributed by atoms with Gasteiger partial charge in [-0.25, -0.2) is 0 Å². The van der Waals surface area contributed by atoms with E-state index in [0.717, 1.165) is 11.3 Å². The Morgan fingerprint density at radius 1 is 1.75 bits per heavy atom. The van der Waals surface area contributed by atoms with E-state index in [1.165, 1.54) is 0 Å². The van der Waals surface area contributed by atoms with Crippen molar-refractivity contribution < 1.29 is 5.11 Å². The first-order chi connectivity index (χ1) is 5.47. The van der Waals surface area contributed by atoms with Crippen molar-refractivity contribution in [3.8, 4) is 0 Å². The van der Waals surface area contributed by atoms with Crippen LogP contribution in [0.5, 0.6) is 0 Å². The first kappa shape index (κ1) is 9.22. The van der Waals surface area contributed by atoms with Crippen molar-refractivity contribution in [1.82, 2.24) is 9.78 Å². The van der Waals surface area contributed by atoms with Crippen LogP contribution < -0.4 is 5.73 Å². The number of aryl methyl sites for hydroxylation is 2. The maximum Gasteiger partial charge on any atom is 0.0872 e. The fourth-order valence-electron chi connectivity index (χ4n) is 1.25. The average Bonchev–Trinajstić information content (AvgIpc) is 2.31. The SMILES string of the molecule is Cc1cn(C)nc1C(C)(N)CO. The minimum atomic E-state index is -0.731. The maximum atomic E-state index is 9.01. The van der Waals surface area contributed by atoms with E-state index < -0.39 is 5.54 Å². The lowest BCUT2D eigenvalue weighted by atomic mass is 9.98. The molecule has 1 atom stereocenters. The van der Waals surface area contributed by atoms with Crippen LogP contribution in [-0.4, -0.2) is 21.5 Å². The van der Waals surface area contributed by atoms with Gasteiger partial charge in [0.1, 0.15) is 0 Å². The maximum absolute atomic E-state index is 9.01. The summed E-state index contributed by atoms with van der Waals surface area (Å²) in [6, 6.07) is 0. The number of nitrogens with two attached hydrogens (primary N) is 1. The molecule has 0 saturated heterocycles. The third-order valence-electron chi connectivity index (χ3n) is 1.88. The molecule has 0 amide bonds. The molecule has 12 heavy (non-hydrogen) atoms. The molecular weight excluding hydrogens is 154 g/mol. The number of aromatic nitrogens is 2. The lowest BCUT2D eigenvalue weighted by Gasteiger charge is -2.19. The Hall–Kier alpha value is -0.870.